The fraction of sp³-hybridized carbons (Fsp3) is 0.222. The molecule has 1 amide bonds. The summed E-state index contributed by atoms with van der Waals surface area (Å²) in [5.74, 6) is 0.209. The van der Waals surface area contributed by atoms with Gasteiger partial charge in [-0.1, -0.05) is 12.1 Å². The van der Waals surface area contributed by atoms with Gasteiger partial charge < -0.3 is 19.5 Å². The van der Waals surface area contributed by atoms with Crippen LogP contribution in [0.4, 0.5) is 4.39 Å². The lowest BCUT2D eigenvalue weighted by atomic mass is 9.94. The number of carbonyl (C=O) groups is 1. The van der Waals surface area contributed by atoms with Crippen molar-refractivity contribution < 1.29 is 18.0 Å². The highest BCUT2D eigenvalue weighted by Gasteiger charge is 2.29. The summed E-state index contributed by atoms with van der Waals surface area (Å²) in [6.07, 6.45) is 3.34. The lowest BCUT2D eigenvalue weighted by Crippen LogP contribution is -2.35. The topological polar surface area (TPSA) is 124 Å². The number of oxazole rings is 1. The van der Waals surface area contributed by atoms with Crippen molar-refractivity contribution in [2.24, 2.45) is 5.73 Å². The van der Waals surface area contributed by atoms with Gasteiger partial charge in [-0.2, -0.15) is 0 Å². The Balaban J connectivity index is 1.46. The Morgan fingerprint density at radius 3 is 2.53 bits per heavy atom. The number of halogens is 1. The highest BCUT2D eigenvalue weighted by Crippen LogP contribution is 2.30. The Bertz CT molecular complexity index is 1560. The molecule has 1 unspecified atom stereocenters. The lowest BCUT2D eigenvalue weighted by molar-refractivity contribution is 0.0785. The molecule has 1 atom stereocenters. The maximum absolute atomic E-state index is 13.4. The Kier molecular flexibility index (Phi) is 6.87. The second kappa shape index (κ2) is 10.3. The molecule has 5 rings (SSSR count). The third kappa shape index (κ3) is 5.53. The Morgan fingerprint density at radius 2 is 1.87 bits per heavy atom. The fourth-order valence-electron chi connectivity index (χ4n) is 4.01. The van der Waals surface area contributed by atoms with E-state index < -0.39 is 5.54 Å². The minimum Gasteiger partial charge on any atom is -0.445 e. The van der Waals surface area contributed by atoms with Crippen molar-refractivity contribution in [2.75, 3.05) is 7.05 Å². The second-order valence-electron chi connectivity index (χ2n) is 9.31. The molecule has 2 aromatic carbocycles. The average molecular weight is 533 g/mol. The van der Waals surface area contributed by atoms with Crippen molar-refractivity contribution in [2.45, 2.75) is 32.4 Å². The van der Waals surface area contributed by atoms with Gasteiger partial charge in [0.25, 0.3) is 5.91 Å². The van der Waals surface area contributed by atoms with Gasteiger partial charge in [0.15, 0.2) is 0 Å². The summed E-state index contributed by atoms with van der Waals surface area (Å²) in [6.45, 7) is 4.05. The standard InChI is InChI=1S/C27H25FN6O3S/c1-16-15-38-22(31-16)14-34(3)25(35)20-11-18(23-30-8-9-36-23)10-19(12-20)24-32-33-26(37-24)27(2,29)13-17-4-6-21(28)7-5-17/h4-12,15H,13-14,29H2,1-3H3. The first-order valence-electron chi connectivity index (χ1n) is 11.8. The van der Waals surface area contributed by atoms with Crippen molar-refractivity contribution in [1.82, 2.24) is 25.1 Å². The zero-order valence-electron chi connectivity index (χ0n) is 21.0. The minimum absolute atomic E-state index is 0.191. The summed E-state index contributed by atoms with van der Waals surface area (Å²) in [5, 5.41) is 11.2. The first-order valence-corrected chi connectivity index (χ1v) is 12.6. The van der Waals surface area contributed by atoms with E-state index in [4.69, 9.17) is 14.6 Å². The van der Waals surface area contributed by atoms with Crippen LogP contribution >= 0.6 is 11.3 Å². The van der Waals surface area contributed by atoms with Gasteiger partial charge in [0.2, 0.25) is 17.7 Å². The predicted molar refractivity (Wildman–Crippen MR) is 140 cm³/mol. The van der Waals surface area contributed by atoms with E-state index in [0.717, 1.165) is 16.3 Å². The van der Waals surface area contributed by atoms with Gasteiger partial charge >= 0.3 is 0 Å². The molecule has 194 valence electrons. The number of aromatic nitrogens is 4. The molecule has 38 heavy (non-hydrogen) atoms. The molecule has 0 saturated carbocycles. The van der Waals surface area contributed by atoms with Crippen LogP contribution in [0, 0.1) is 12.7 Å². The highest BCUT2D eigenvalue weighted by atomic mass is 32.1. The number of benzene rings is 2. The van der Waals surface area contributed by atoms with Crippen molar-refractivity contribution in [3.05, 3.63) is 93.8 Å². The number of hydrogen-bond donors (Lipinski definition) is 1. The number of nitrogens with two attached hydrogens (primary N) is 1. The molecule has 0 spiro atoms. The molecule has 9 nitrogen and oxygen atoms in total. The van der Waals surface area contributed by atoms with E-state index in [9.17, 15) is 9.18 Å². The molecule has 5 aromatic rings. The molecule has 0 radical (unpaired) electrons. The molecule has 2 N–H and O–H groups in total. The maximum atomic E-state index is 13.4. The van der Waals surface area contributed by atoms with Gasteiger partial charge in [-0.05, 0) is 56.2 Å². The number of aryl methyl sites for hydroxylation is 1. The number of nitrogens with zero attached hydrogens (tertiary/aromatic N) is 5. The first-order chi connectivity index (χ1) is 18.2. The largest absolute Gasteiger partial charge is 0.445 e. The quantitative estimate of drug-likeness (QED) is 0.297. The number of rotatable bonds is 8. The van der Waals surface area contributed by atoms with Crippen molar-refractivity contribution in [3.8, 4) is 22.9 Å². The van der Waals surface area contributed by atoms with Crippen LogP contribution in [0.2, 0.25) is 0 Å². The molecule has 0 aliphatic heterocycles. The molecule has 3 heterocycles. The number of carbonyl (C=O) groups excluding carboxylic acids is 1. The van der Waals surface area contributed by atoms with Crippen LogP contribution in [0.5, 0.6) is 0 Å². The molecule has 3 aromatic heterocycles. The molecule has 0 fully saturated rings. The van der Waals surface area contributed by atoms with Crippen LogP contribution < -0.4 is 5.73 Å². The Labute approximate surface area is 222 Å². The summed E-state index contributed by atoms with van der Waals surface area (Å²) in [7, 11) is 1.72. The van der Waals surface area contributed by atoms with Gasteiger partial charge in [0, 0.05) is 34.8 Å². The van der Waals surface area contributed by atoms with Crippen molar-refractivity contribution in [1.29, 1.82) is 0 Å². The van der Waals surface area contributed by atoms with Crippen LogP contribution in [0.1, 0.15) is 39.4 Å². The van der Waals surface area contributed by atoms with Gasteiger partial charge in [-0.15, -0.1) is 21.5 Å². The Hall–Kier alpha value is -4.22. The van der Waals surface area contributed by atoms with E-state index in [-0.39, 0.29) is 23.5 Å². The summed E-state index contributed by atoms with van der Waals surface area (Å²) >= 11 is 1.50. The van der Waals surface area contributed by atoms with Crippen LogP contribution in [0.25, 0.3) is 22.9 Å². The highest BCUT2D eigenvalue weighted by molar-refractivity contribution is 7.09. The first kappa shape index (κ1) is 25.4. The normalized spacial score (nSPS) is 12.9. The Morgan fingerprint density at radius 1 is 1.13 bits per heavy atom. The summed E-state index contributed by atoms with van der Waals surface area (Å²) < 4.78 is 24.8. The predicted octanol–water partition coefficient (Wildman–Crippen LogP) is 4.98. The molecule has 0 aliphatic carbocycles. The maximum Gasteiger partial charge on any atom is 0.254 e. The molecular formula is C27H25FN6O3S. The zero-order chi connectivity index (χ0) is 26.9. The third-order valence-electron chi connectivity index (χ3n) is 5.89. The van der Waals surface area contributed by atoms with Gasteiger partial charge in [0.1, 0.15) is 17.1 Å². The smallest absolute Gasteiger partial charge is 0.254 e. The van der Waals surface area contributed by atoms with E-state index in [1.807, 2.05) is 12.3 Å². The molecule has 0 bridgehead atoms. The third-order valence-corrected chi connectivity index (χ3v) is 6.84. The van der Waals surface area contributed by atoms with Crippen molar-refractivity contribution in [3.63, 3.8) is 0 Å². The lowest BCUT2D eigenvalue weighted by Gasteiger charge is -2.20. The van der Waals surface area contributed by atoms with Gasteiger partial charge in [0.05, 0.1) is 18.3 Å². The summed E-state index contributed by atoms with van der Waals surface area (Å²) in [6, 6.07) is 11.2. The van der Waals surface area contributed by atoms with Crippen LogP contribution in [0.15, 0.2) is 69.1 Å². The van der Waals surface area contributed by atoms with Crippen molar-refractivity contribution >= 4 is 17.2 Å². The fourth-order valence-corrected chi connectivity index (χ4v) is 4.83. The summed E-state index contributed by atoms with van der Waals surface area (Å²) in [4.78, 5) is 23.7. The van der Waals surface area contributed by atoms with E-state index in [0.29, 0.717) is 35.5 Å². The second-order valence-corrected chi connectivity index (χ2v) is 10.3. The molecule has 0 aliphatic rings. The van der Waals surface area contributed by atoms with Gasteiger partial charge in [-0.3, -0.25) is 4.79 Å². The van der Waals surface area contributed by atoms with Crippen LogP contribution in [0.3, 0.4) is 0 Å². The molecule has 0 saturated heterocycles. The number of thiazole rings is 1. The number of hydrogen-bond acceptors (Lipinski definition) is 9. The zero-order valence-corrected chi connectivity index (χ0v) is 21.8. The van der Waals surface area contributed by atoms with E-state index >= 15 is 0 Å². The van der Waals surface area contributed by atoms with Gasteiger partial charge in [-0.25, -0.2) is 14.4 Å². The minimum atomic E-state index is -1.01. The van der Waals surface area contributed by atoms with Crippen LogP contribution in [-0.2, 0) is 18.5 Å². The van der Waals surface area contributed by atoms with E-state index in [1.165, 1.54) is 35.9 Å². The SMILES string of the molecule is Cc1csc(CN(C)C(=O)c2cc(-c3ncco3)cc(-c3nnc(C(C)(N)Cc4ccc(F)cc4)o3)c2)n1. The molecule has 11 heteroatoms. The molecular weight excluding hydrogens is 507 g/mol. The van der Waals surface area contributed by atoms with E-state index in [2.05, 4.69) is 20.2 Å². The summed E-state index contributed by atoms with van der Waals surface area (Å²) in [5.41, 5.74) is 8.74. The van der Waals surface area contributed by atoms with Crippen LogP contribution in [-0.4, -0.2) is 38.0 Å². The number of amides is 1. The average Bonchev–Trinajstić information content (AvgIpc) is 3.67. The van der Waals surface area contributed by atoms with E-state index in [1.54, 1.807) is 49.2 Å². The monoisotopic (exact) mass is 532 g/mol.